The van der Waals surface area contributed by atoms with Gasteiger partial charge in [0.1, 0.15) is 11.5 Å². The van der Waals surface area contributed by atoms with Crippen LogP contribution in [-0.2, 0) is 4.79 Å². The van der Waals surface area contributed by atoms with Crippen LogP contribution in [0.2, 0.25) is 10.0 Å². The molecule has 3 atom stereocenters. The molecule has 2 amide bonds. The van der Waals surface area contributed by atoms with Crippen LogP contribution in [0.5, 0.6) is 11.5 Å². The van der Waals surface area contributed by atoms with Gasteiger partial charge in [0, 0.05) is 48.8 Å². The number of halogens is 2. The minimum atomic E-state index is -1.04. The number of nitrogens with zero attached hydrogens (tertiary/aromatic N) is 4. The van der Waals surface area contributed by atoms with Crippen LogP contribution in [0, 0.1) is 5.92 Å². The molecule has 4 rings (SSSR count). The van der Waals surface area contributed by atoms with Crippen molar-refractivity contribution in [1.29, 1.82) is 0 Å². The first kappa shape index (κ1) is 30.5. The second-order valence-corrected chi connectivity index (χ2v) is 12.0. The van der Waals surface area contributed by atoms with Gasteiger partial charge in [-0.05, 0) is 51.3 Å². The molecule has 2 aromatic carbocycles. The minimum absolute atomic E-state index is 0.0306. The van der Waals surface area contributed by atoms with Gasteiger partial charge in [-0.15, -0.1) is 0 Å². The monoisotopic (exact) mass is 603 g/mol. The fourth-order valence-electron chi connectivity index (χ4n) is 5.51. The molecule has 41 heavy (non-hydrogen) atoms. The maximum Gasteiger partial charge on any atom is 0.408 e. The highest BCUT2D eigenvalue weighted by atomic mass is 35.5. The Kier molecular flexibility index (Phi) is 8.75. The average Bonchev–Trinajstić information content (AvgIpc) is 3.29. The van der Waals surface area contributed by atoms with Crippen molar-refractivity contribution in [3.8, 4) is 22.6 Å². The van der Waals surface area contributed by atoms with Crippen LogP contribution in [-0.4, -0.2) is 82.8 Å². The summed E-state index contributed by atoms with van der Waals surface area (Å²) in [6.07, 6.45) is 1.50. The predicted octanol–water partition coefficient (Wildman–Crippen LogP) is 6.05. The van der Waals surface area contributed by atoms with Crippen LogP contribution < -0.4 is 14.8 Å². The van der Waals surface area contributed by atoms with E-state index in [-0.39, 0.29) is 17.9 Å². The standard InChI is InChI=1S/C29H35Cl2N5O5/c1-29(2,3)36(28(38)39)20-12-16(26(37)35(4)5)11-19(20)34-27-32-14-17-10-15(8-9-18(17)33-27)23-24(30)21(40-6)13-22(41-7)25(23)31/h8-10,13-14,16,19-20H,11-12H2,1-7H3,(H,38,39)(H,32,33,34)/t16-,19-,20+/m1/s1. The Balaban J connectivity index is 1.68. The second-order valence-electron chi connectivity index (χ2n) is 11.3. The van der Waals surface area contributed by atoms with E-state index in [0.29, 0.717) is 51.4 Å². The quantitative estimate of drug-likeness (QED) is 0.335. The van der Waals surface area contributed by atoms with Crippen molar-refractivity contribution in [3.05, 3.63) is 40.5 Å². The Bertz CT molecular complexity index is 1450. The molecule has 0 aliphatic heterocycles. The van der Waals surface area contributed by atoms with Crippen LogP contribution in [0.15, 0.2) is 30.5 Å². The van der Waals surface area contributed by atoms with E-state index >= 15 is 0 Å². The lowest BCUT2D eigenvalue weighted by molar-refractivity contribution is -0.132. The molecule has 3 aromatic rings. The van der Waals surface area contributed by atoms with Gasteiger partial charge in [0.15, 0.2) is 0 Å². The molecule has 1 fully saturated rings. The van der Waals surface area contributed by atoms with Crippen molar-refractivity contribution in [1.82, 2.24) is 19.8 Å². The van der Waals surface area contributed by atoms with Gasteiger partial charge >= 0.3 is 6.09 Å². The lowest BCUT2D eigenvalue weighted by Crippen LogP contribution is -2.55. The summed E-state index contributed by atoms with van der Waals surface area (Å²) in [5, 5.41) is 14.9. The van der Waals surface area contributed by atoms with E-state index < -0.39 is 17.7 Å². The van der Waals surface area contributed by atoms with Crippen LogP contribution in [0.25, 0.3) is 22.0 Å². The molecule has 12 heteroatoms. The highest BCUT2D eigenvalue weighted by Crippen LogP contribution is 2.46. The molecule has 0 spiro atoms. The molecule has 1 heterocycles. The Morgan fingerprint density at radius 1 is 1.05 bits per heavy atom. The smallest absolute Gasteiger partial charge is 0.408 e. The summed E-state index contributed by atoms with van der Waals surface area (Å²) in [4.78, 5) is 37.4. The number of ether oxygens (including phenoxy) is 2. The zero-order chi connectivity index (χ0) is 30.2. The topological polar surface area (TPSA) is 117 Å². The summed E-state index contributed by atoms with van der Waals surface area (Å²) in [5.74, 6) is 0.853. The summed E-state index contributed by atoms with van der Waals surface area (Å²) >= 11 is 13.2. The largest absolute Gasteiger partial charge is 0.495 e. The maximum absolute atomic E-state index is 12.8. The van der Waals surface area contributed by atoms with E-state index in [1.807, 2.05) is 39.0 Å². The fraction of sp³-hybridized carbons (Fsp3) is 0.448. The zero-order valence-corrected chi connectivity index (χ0v) is 25.7. The number of nitrogens with one attached hydrogen (secondary N) is 1. The van der Waals surface area contributed by atoms with E-state index in [2.05, 4.69) is 10.3 Å². The number of methoxy groups -OCH3 is 2. The van der Waals surface area contributed by atoms with Crippen molar-refractivity contribution in [3.63, 3.8) is 0 Å². The number of carbonyl (C=O) groups is 2. The van der Waals surface area contributed by atoms with Crippen LogP contribution >= 0.6 is 23.2 Å². The molecule has 1 aromatic heterocycles. The molecular formula is C29H35Cl2N5O5. The van der Waals surface area contributed by atoms with Gasteiger partial charge in [-0.2, -0.15) is 0 Å². The third-order valence-electron chi connectivity index (χ3n) is 7.34. The van der Waals surface area contributed by atoms with Crippen molar-refractivity contribution in [2.45, 2.75) is 51.2 Å². The van der Waals surface area contributed by atoms with Crippen molar-refractivity contribution in [2.75, 3.05) is 33.6 Å². The highest BCUT2D eigenvalue weighted by Gasteiger charge is 2.46. The van der Waals surface area contributed by atoms with Gasteiger partial charge in [-0.25, -0.2) is 14.8 Å². The third kappa shape index (κ3) is 6.08. The summed E-state index contributed by atoms with van der Waals surface area (Å²) in [6, 6.07) is 6.38. The molecule has 0 radical (unpaired) electrons. The van der Waals surface area contributed by atoms with Gasteiger partial charge < -0.3 is 24.8 Å². The van der Waals surface area contributed by atoms with E-state index in [1.54, 1.807) is 31.3 Å². The molecule has 10 nitrogen and oxygen atoms in total. The van der Waals surface area contributed by atoms with Crippen LogP contribution in [0.3, 0.4) is 0 Å². The summed E-state index contributed by atoms with van der Waals surface area (Å²) in [6.45, 7) is 5.54. The lowest BCUT2D eigenvalue weighted by atomic mass is 10.00. The molecule has 1 saturated carbocycles. The predicted molar refractivity (Wildman–Crippen MR) is 160 cm³/mol. The number of amides is 2. The zero-order valence-electron chi connectivity index (χ0n) is 24.2. The number of hydrogen-bond acceptors (Lipinski definition) is 7. The number of benzene rings is 2. The van der Waals surface area contributed by atoms with Gasteiger partial charge in [0.25, 0.3) is 0 Å². The molecule has 0 bridgehead atoms. The Labute approximate surface area is 249 Å². The maximum atomic E-state index is 12.8. The van der Waals surface area contributed by atoms with Gasteiger partial charge in [-0.3, -0.25) is 9.69 Å². The van der Waals surface area contributed by atoms with E-state index in [9.17, 15) is 14.7 Å². The Morgan fingerprint density at radius 2 is 1.68 bits per heavy atom. The molecule has 220 valence electrons. The Hall–Kier alpha value is -3.50. The van der Waals surface area contributed by atoms with Crippen molar-refractivity contribution >= 4 is 52.1 Å². The molecule has 0 saturated heterocycles. The third-order valence-corrected chi connectivity index (χ3v) is 8.09. The minimum Gasteiger partial charge on any atom is -0.495 e. The van der Waals surface area contributed by atoms with Crippen molar-refractivity contribution in [2.24, 2.45) is 5.92 Å². The molecule has 2 N–H and O–H groups in total. The van der Waals surface area contributed by atoms with Gasteiger partial charge in [-0.1, -0.05) is 29.3 Å². The number of hydrogen-bond donors (Lipinski definition) is 2. The average molecular weight is 605 g/mol. The molecule has 1 aliphatic carbocycles. The lowest BCUT2D eigenvalue weighted by Gasteiger charge is -2.40. The van der Waals surface area contributed by atoms with E-state index in [1.165, 1.54) is 19.1 Å². The number of anilines is 1. The second kappa shape index (κ2) is 11.8. The highest BCUT2D eigenvalue weighted by molar-refractivity contribution is 6.41. The van der Waals surface area contributed by atoms with E-state index in [4.69, 9.17) is 37.7 Å². The van der Waals surface area contributed by atoms with Gasteiger partial charge in [0.2, 0.25) is 11.9 Å². The first-order chi connectivity index (χ1) is 19.3. The van der Waals surface area contributed by atoms with Crippen LogP contribution in [0.1, 0.15) is 33.6 Å². The normalized spacial score (nSPS) is 18.7. The number of rotatable bonds is 7. The number of carbonyl (C=O) groups excluding carboxylic acids is 1. The number of fused-ring (bicyclic) bond motifs is 1. The van der Waals surface area contributed by atoms with Gasteiger partial charge in [0.05, 0.1) is 41.9 Å². The van der Waals surface area contributed by atoms with Crippen LogP contribution in [0.4, 0.5) is 10.7 Å². The SMILES string of the molecule is COc1cc(OC)c(Cl)c(-c2ccc3nc(N[C@@H]4C[C@@H](C(=O)N(C)C)C[C@@H]4N(C(=O)O)C(C)(C)C)ncc3c2)c1Cl. The Morgan fingerprint density at radius 3 is 2.22 bits per heavy atom. The summed E-state index contributed by atoms with van der Waals surface area (Å²) in [5.41, 5.74) is 1.29. The number of aromatic nitrogens is 2. The summed E-state index contributed by atoms with van der Waals surface area (Å²) < 4.78 is 10.8. The first-order valence-corrected chi connectivity index (χ1v) is 13.9. The molecule has 1 aliphatic rings. The van der Waals surface area contributed by atoms with Crippen molar-refractivity contribution < 1.29 is 24.2 Å². The summed E-state index contributed by atoms with van der Waals surface area (Å²) in [7, 11) is 6.45. The van der Waals surface area contributed by atoms with E-state index in [0.717, 1.165) is 10.9 Å². The first-order valence-electron chi connectivity index (χ1n) is 13.1. The number of carboxylic acid groups (broad SMARTS) is 1. The molecular weight excluding hydrogens is 569 g/mol. The fourth-order valence-corrected chi connectivity index (χ4v) is 6.23. The molecule has 0 unspecified atom stereocenters.